The lowest BCUT2D eigenvalue weighted by Crippen LogP contribution is -2.03. The second kappa shape index (κ2) is 12.4. The van der Waals surface area contributed by atoms with E-state index in [2.05, 4.69) is 157 Å². The molecule has 230 valence electrons. The maximum absolute atomic E-state index is 4.96. The predicted octanol–water partition coefficient (Wildman–Crippen LogP) is 12.2. The summed E-state index contributed by atoms with van der Waals surface area (Å²) in [7, 11) is 0. The topological polar surface area (TPSA) is 38.7 Å². The number of rotatable bonds is 6. The lowest BCUT2D eigenvalue weighted by Gasteiger charge is -2.21. The Morgan fingerprint density at radius 3 is 1.59 bits per heavy atom. The van der Waals surface area contributed by atoms with Crippen LogP contribution in [0.15, 0.2) is 176 Å². The first kappa shape index (κ1) is 29.0. The zero-order chi connectivity index (χ0) is 32.6. The molecule has 0 saturated carbocycles. The summed E-state index contributed by atoms with van der Waals surface area (Å²) in [5.41, 5.74) is 12.4. The Morgan fingerprint density at radius 1 is 0.327 bits per heavy atom. The Bertz CT molecular complexity index is 2590. The van der Waals surface area contributed by atoms with Crippen molar-refractivity contribution in [2.75, 3.05) is 0 Å². The summed E-state index contributed by atoms with van der Waals surface area (Å²) < 4.78 is 2.53. The molecule has 9 aromatic rings. The van der Waals surface area contributed by atoms with Crippen molar-refractivity contribution in [3.05, 3.63) is 176 Å². The minimum Gasteiger partial charge on any atom is -0.135 e. The number of thiophene rings is 1. The molecular formula is C45H29N3S. The van der Waals surface area contributed by atoms with Gasteiger partial charge in [-0.3, -0.25) is 0 Å². The molecule has 0 bridgehead atoms. The van der Waals surface area contributed by atoms with Gasteiger partial charge in [-0.2, -0.15) is 0 Å². The third kappa shape index (κ3) is 5.10. The van der Waals surface area contributed by atoms with Crippen molar-refractivity contribution in [3.8, 4) is 67.0 Å². The fraction of sp³-hybridized carbons (Fsp3) is 0. The van der Waals surface area contributed by atoms with Crippen molar-refractivity contribution in [2.24, 2.45) is 0 Å². The Morgan fingerprint density at radius 2 is 0.837 bits per heavy atom. The maximum Gasteiger partial charge on any atom is 0.106 e. The largest absolute Gasteiger partial charge is 0.135 e. The summed E-state index contributed by atoms with van der Waals surface area (Å²) in [4.78, 5) is 0. The molecule has 0 fully saturated rings. The highest BCUT2D eigenvalue weighted by Crippen LogP contribution is 2.49. The highest BCUT2D eigenvalue weighted by atomic mass is 32.1. The third-order valence-corrected chi connectivity index (χ3v) is 10.3. The molecule has 0 N–H and O–H groups in total. The molecule has 0 amide bonds. The molecule has 2 heterocycles. The van der Waals surface area contributed by atoms with Gasteiger partial charge in [-0.25, -0.2) is 0 Å². The average molecular weight is 644 g/mol. The lowest BCUT2D eigenvalue weighted by molar-refractivity contribution is 0.879. The molecule has 2 aromatic heterocycles. The monoisotopic (exact) mass is 643 g/mol. The molecule has 49 heavy (non-hydrogen) atoms. The van der Waals surface area contributed by atoms with Gasteiger partial charge in [0.1, 0.15) is 11.4 Å². The highest BCUT2D eigenvalue weighted by molar-refractivity contribution is 7.25. The van der Waals surface area contributed by atoms with Gasteiger partial charge in [0.25, 0.3) is 0 Å². The third-order valence-electron chi connectivity index (χ3n) is 9.17. The molecule has 0 aliphatic heterocycles. The van der Waals surface area contributed by atoms with E-state index >= 15 is 0 Å². The first-order valence-electron chi connectivity index (χ1n) is 16.4. The summed E-state index contributed by atoms with van der Waals surface area (Å²) in [5, 5.41) is 16.7. The van der Waals surface area contributed by atoms with Crippen LogP contribution in [0.25, 0.3) is 87.2 Å². The standard InChI is InChI=1S/C45H29N3S/c1-4-16-30(17-5-1)33-22-10-11-23-34(33)35-25-14-26-37(36-27-15-29-40-42(36)38-24-12-13-28-39(38)49-40)43(35)45-41(31-18-6-2-7-19-31)44(46-48-47-45)32-20-8-3-9-21-32/h1-29H. The molecule has 7 aromatic carbocycles. The molecule has 4 heteroatoms. The molecule has 0 aliphatic carbocycles. The van der Waals surface area contributed by atoms with E-state index in [1.807, 2.05) is 35.6 Å². The van der Waals surface area contributed by atoms with Gasteiger partial charge >= 0.3 is 0 Å². The van der Waals surface area contributed by atoms with Crippen LogP contribution in [0.3, 0.4) is 0 Å². The average Bonchev–Trinajstić information content (AvgIpc) is 3.57. The van der Waals surface area contributed by atoms with Gasteiger partial charge in [0, 0.05) is 36.9 Å². The second-order valence-corrected chi connectivity index (χ2v) is 13.1. The molecule has 3 nitrogen and oxygen atoms in total. The molecule has 0 spiro atoms. The fourth-order valence-corrected chi connectivity index (χ4v) is 8.15. The highest BCUT2D eigenvalue weighted by Gasteiger charge is 2.25. The van der Waals surface area contributed by atoms with Crippen LogP contribution in [0.1, 0.15) is 0 Å². The van der Waals surface area contributed by atoms with Gasteiger partial charge < -0.3 is 0 Å². The normalized spacial score (nSPS) is 11.3. The van der Waals surface area contributed by atoms with E-state index in [1.54, 1.807) is 0 Å². The number of hydrogen-bond acceptors (Lipinski definition) is 4. The van der Waals surface area contributed by atoms with Gasteiger partial charge in [0.15, 0.2) is 0 Å². The summed E-state index contributed by atoms with van der Waals surface area (Å²) in [6.45, 7) is 0. The van der Waals surface area contributed by atoms with Crippen molar-refractivity contribution in [1.29, 1.82) is 0 Å². The Labute approximate surface area is 288 Å². The SMILES string of the molecule is c1ccc(-c2ccccc2-c2cccc(-c3cccc4sc5ccccc5c34)c2-c2nnnc(-c3ccccc3)c2-c2ccccc2)cc1. The first-order chi connectivity index (χ1) is 24.3. The number of nitrogens with zero attached hydrogens (tertiary/aromatic N) is 3. The first-order valence-corrected chi connectivity index (χ1v) is 17.2. The van der Waals surface area contributed by atoms with Crippen molar-refractivity contribution in [3.63, 3.8) is 0 Å². The maximum atomic E-state index is 4.96. The van der Waals surface area contributed by atoms with Crippen molar-refractivity contribution >= 4 is 31.5 Å². The number of aromatic nitrogens is 3. The molecule has 0 saturated heterocycles. The van der Waals surface area contributed by atoms with Crippen molar-refractivity contribution in [2.45, 2.75) is 0 Å². The van der Waals surface area contributed by atoms with Crippen LogP contribution in [0.2, 0.25) is 0 Å². The Balaban J connectivity index is 1.44. The Hall–Kier alpha value is -6.23. The minimum absolute atomic E-state index is 0.796. The van der Waals surface area contributed by atoms with Crippen LogP contribution in [0, 0.1) is 0 Å². The van der Waals surface area contributed by atoms with Gasteiger partial charge in [-0.15, -0.1) is 21.5 Å². The van der Waals surface area contributed by atoms with Gasteiger partial charge in [-0.1, -0.05) is 164 Å². The number of hydrogen-bond donors (Lipinski definition) is 0. The molecule has 9 rings (SSSR count). The summed E-state index contributed by atoms with van der Waals surface area (Å²) >= 11 is 1.83. The molecular weight excluding hydrogens is 615 g/mol. The van der Waals surface area contributed by atoms with Crippen LogP contribution in [0.5, 0.6) is 0 Å². The van der Waals surface area contributed by atoms with Crippen molar-refractivity contribution in [1.82, 2.24) is 15.4 Å². The molecule has 0 atom stereocenters. The fourth-order valence-electron chi connectivity index (χ4n) is 7.02. The Kier molecular flexibility index (Phi) is 7.34. The van der Waals surface area contributed by atoms with E-state index in [1.165, 1.54) is 25.7 Å². The van der Waals surface area contributed by atoms with E-state index in [-0.39, 0.29) is 0 Å². The van der Waals surface area contributed by atoms with Crippen LogP contribution < -0.4 is 0 Å². The summed E-state index contributed by atoms with van der Waals surface area (Å²) in [5.74, 6) is 0. The zero-order valence-corrected chi connectivity index (χ0v) is 27.3. The van der Waals surface area contributed by atoms with E-state index in [9.17, 15) is 0 Å². The quantitative estimate of drug-likeness (QED) is 0.181. The van der Waals surface area contributed by atoms with E-state index in [4.69, 9.17) is 10.2 Å². The van der Waals surface area contributed by atoms with Crippen LogP contribution in [-0.4, -0.2) is 15.4 Å². The van der Waals surface area contributed by atoms with Gasteiger partial charge in [0.2, 0.25) is 0 Å². The van der Waals surface area contributed by atoms with Gasteiger partial charge in [0.05, 0.1) is 0 Å². The summed E-state index contributed by atoms with van der Waals surface area (Å²) in [6, 6.07) is 62.1. The van der Waals surface area contributed by atoms with Crippen LogP contribution >= 0.6 is 11.3 Å². The smallest absolute Gasteiger partial charge is 0.106 e. The zero-order valence-electron chi connectivity index (χ0n) is 26.5. The van der Waals surface area contributed by atoms with E-state index < -0.39 is 0 Å². The lowest BCUT2D eigenvalue weighted by atomic mass is 9.83. The van der Waals surface area contributed by atoms with Crippen LogP contribution in [0.4, 0.5) is 0 Å². The summed E-state index contributed by atoms with van der Waals surface area (Å²) in [6.07, 6.45) is 0. The van der Waals surface area contributed by atoms with Gasteiger partial charge in [-0.05, 0) is 56.3 Å². The molecule has 0 unspecified atom stereocenters. The number of fused-ring (bicyclic) bond motifs is 3. The van der Waals surface area contributed by atoms with Crippen molar-refractivity contribution < 1.29 is 0 Å². The van der Waals surface area contributed by atoms with E-state index in [0.717, 1.165) is 61.5 Å². The molecule has 0 aliphatic rings. The predicted molar refractivity (Wildman–Crippen MR) is 205 cm³/mol. The minimum atomic E-state index is 0.796. The van der Waals surface area contributed by atoms with E-state index in [0.29, 0.717) is 0 Å². The second-order valence-electron chi connectivity index (χ2n) is 12.0. The van der Waals surface area contributed by atoms with Crippen LogP contribution in [-0.2, 0) is 0 Å². The number of benzene rings is 7. The molecule has 0 radical (unpaired) electrons.